The molecule has 0 saturated carbocycles. The molecule has 2 heterocycles. The van der Waals surface area contributed by atoms with E-state index in [1.54, 1.807) is 0 Å². The summed E-state index contributed by atoms with van der Waals surface area (Å²) >= 11 is 0. The molecule has 0 N–H and O–H groups in total. The summed E-state index contributed by atoms with van der Waals surface area (Å²) in [6, 6.07) is 14.8. The summed E-state index contributed by atoms with van der Waals surface area (Å²) in [4.78, 5) is 20.1. The first-order valence-electron chi connectivity index (χ1n) is 13.9. The quantitative estimate of drug-likeness (QED) is 0.235. The molecule has 188 valence electrons. The van der Waals surface area contributed by atoms with Crippen LogP contribution in [0.1, 0.15) is 100 Å². The lowest BCUT2D eigenvalue weighted by molar-refractivity contribution is -0.117. The van der Waals surface area contributed by atoms with Gasteiger partial charge in [0.2, 0.25) is 5.91 Å². The minimum atomic E-state index is 0.138. The smallest absolute Gasteiger partial charge is 0.227 e. The zero-order valence-corrected chi connectivity index (χ0v) is 22.1. The monoisotopic (exact) mass is 473 g/mol. The molecule has 4 nitrogen and oxygen atoms in total. The van der Waals surface area contributed by atoms with Gasteiger partial charge in [0, 0.05) is 31.1 Å². The summed E-state index contributed by atoms with van der Waals surface area (Å²) in [6.07, 6.45) is 13.9. The highest BCUT2D eigenvalue weighted by Crippen LogP contribution is 2.35. The number of benzene rings is 2. The first kappa shape index (κ1) is 25.5. The Morgan fingerprint density at radius 1 is 0.886 bits per heavy atom. The molecule has 0 bridgehead atoms. The van der Waals surface area contributed by atoms with Crippen LogP contribution in [0.3, 0.4) is 0 Å². The molecule has 1 unspecified atom stereocenters. The Morgan fingerprint density at radius 2 is 1.57 bits per heavy atom. The second-order valence-electron chi connectivity index (χ2n) is 10.5. The number of fused-ring (bicyclic) bond motifs is 1. The largest absolute Gasteiger partial charge is 0.328 e. The number of para-hydroxylation sites is 2. The number of carbonyl (C=O) groups is 1. The van der Waals surface area contributed by atoms with Crippen molar-refractivity contribution in [3.63, 3.8) is 0 Å². The molecule has 1 saturated heterocycles. The molecule has 1 atom stereocenters. The van der Waals surface area contributed by atoms with Gasteiger partial charge in [-0.05, 0) is 44.0 Å². The van der Waals surface area contributed by atoms with Gasteiger partial charge in [-0.25, -0.2) is 4.98 Å². The van der Waals surface area contributed by atoms with Gasteiger partial charge in [0.1, 0.15) is 5.82 Å². The molecule has 1 aliphatic rings. The van der Waals surface area contributed by atoms with E-state index in [0.29, 0.717) is 13.0 Å². The molecule has 1 amide bonds. The van der Waals surface area contributed by atoms with Crippen LogP contribution in [-0.4, -0.2) is 22.0 Å². The summed E-state index contributed by atoms with van der Waals surface area (Å²) < 4.78 is 2.41. The average molecular weight is 474 g/mol. The third-order valence-corrected chi connectivity index (χ3v) is 7.55. The lowest BCUT2D eigenvalue weighted by Gasteiger charge is -2.20. The van der Waals surface area contributed by atoms with E-state index >= 15 is 0 Å². The summed E-state index contributed by atoms with van der Waals surface area (Å²) in [7, 11) is 0. The molecule has 4 heteroatoms. The lowest BCUT2D eigenvalue weighted by Crippen LogP contribution is -2.25. The second-order valence-corrected chi connectivity index (χ2v) is 10.5. The van der Waals surface area contributed by atoms with Crippen molar-refractivity contribution in [3.05, 3.63) is 59.4 Å². The maximum atomic E-state index is 13.1. The molecule has 0 radical (unpaired) electrons. The number of hydrogen-bond acceptors (Lipinski definition) is 2. The van der Waals surface area contributed by atoms with Crippen molar-refractivity contribution in [2.24, 2.45) is 0 Å². The van der Waals surface area contributed by atoms with Crippen molar-refractivity contribution in [2.75, 3.05) is 11.4 Å². The number of anilines is 1. The number of amides is 1. The Balaban J connectivity index is 1.38. The maximum absolute atomic E-state index is 13.1. The Labute approximate surface area is 211 Å². The highest BCUT2D eigenvalue weighted by atomic mass is 16.2. The van der Waals surface area contributed by atoms with Gasteiger partial charge in [-0.1, -0.05) is 94.5 Å². The minimum Gasteiger partial charge on any atom is -0.328 e. The molecule has 1 aromatic heterocycles. The van der Waals surface area contributed by atoms with Gasteiger partial charge in [-0.3, -0.25) is 4.79 Å². The van der Waals surface area contributed by atoms with Gasteiger partial charge in [-0.15, -0.1) is 0 Å². The van der Waals surface area contributed by atoms with Gasteiger partial charge in [-0.2, -0.15) is 0 Å². The fraction of sp³-hybridized carbons (Fsp3) is 0.548. The van der Waals surface area contributed by atoms with Crippen LogP contribution in [0.15, 0.2) is 42.5 Å². The third-order valence-electron chi connectivity index (χ3n) is 7.55. The van der Waals surface area contributed by atoms with Gasteiger partial charge in [0.05, 0.1) is 11.0 Å². The molecule has 35 heavy (non-hydrogen) atoms. The normalized spacial score (nSPS) is 16.0. The van der Waals surface area contributed by atoms with E-state index in [1.807, 2.05) is 4.90 Å². The number of carbonyl (C=O) groups excluding carboxylic acids is 1. The van der Waals surface area contributed by atoms with Crippen LogP contribution in [0, 0.1) is 13.8 Å². The van der Waals surface area contributed by atoms with Crippen LogP contribution in [0.5, 0.6) is 0 Å². The Morgan fingerprint density at radius 3 is 2.29 bits per heavy atom. The van der Waals surface area contributed by atoms with E-state index < -0.39 is 0 Å². The molecule has 1 fully saturated rings. The minimum absolute atomic E-state index is 0.138. The van der Waals surface area contributed by atoms with Gasteiger partial charge >= 0.3 is 0 Å². The number of aromatic nitrogens is 2. The van der Waals surface area contributed by atoms with Gasteiger partial charge < -0.3 is 9.47 Å². The molecule has 1 aliphatic heterocycles. The number of imidazole rings is 1. The molecule has 2 aromatic carbocycles. The SMILES string of the molecule is CCCCCCCCCCCCn1c(C2CC(=O)N(c3ccc(C)cc3C)C2)nc2ccccc21. The number of unbranched alkanes of at least 4 members (excludes halogenated alkanes) is 9. The number of aryl methyl sites for hydroxylation is 3. The van der Waals surface area contributed by atoms with Crippen molar-refractivity contribution >= 4 is 22.6 Å². The highest BCUT2D eigenvalue weighted by Gasteiger charge is 2.35. The van der Waals surface area contributed by atoms with Crippen LogP contribution in [0.2, 0.25) is 0 Å². The standard InChI is InChI=1S/C31H43N3O/c1-4-5-6-7-8-9-10-11-12-15-20-33-29-17-14-13-16-27(29)32-31(33)26-22-30(35)34(23-26)28-19-18-24(2)21-25(28)3/h13-14,16-19,21,26H,4-12,15,20,22-23H2,1-3H3. The van der Waals surface area contributed by atoms with Crippen molar-refractivity contribution in [3.8, 4) is 0 Å². The third kappa shape index (κ3) is 6.34. The first-order chi connectivity index (χ1) is 17.1. The van der Waals surface area contributed by atoms with Gasteiger partial charge in [0.15, 0.2) is 0 Å². The van der Waals surface area contributed by atoms with Crippen molar-refractivity contribution in [1.29, 1.82) is 0 Å². The van der Waals surface area contributed by atoms with Crippen LogP contribution < -0.4 is 4.90 Å². The fourth-order valence-corrected chi connectivity index (χ4v) is 5.62. The Kier molecular flexibility index (Phi) is 9.01. The Bertz CT molecular complexity index is 1120. The summed E-state index contributed by atoms with van der Waals surface area (Å²) in [5, 5.41) is 0. The number of hydrogen-bond donors (Lipinski definition) is 0. The molecule has 0 aliphatic carbocycles. The molecular formula is C31H43N3O. The van der Waals surface area contributed by atoms with Crippen LogP contribution in [0.25, 0.3) is 11.0 Å². The van der Waals surface area contributed by atoms with Crippen LogP contribution >= 0.6 is 0 Å². The molecule has 0 spiro atoms. The van der Waals surface area contributed by atoms with E-state index in [4.69, 9.17) is 4.98 Å². The molecule has 4 rings (SSSR count). The highest BCUT2D eigenvalue weighted by molar-refractivity contribution is 5.97. The molecule has 3 aromatic rings. The topological polar surface area (TPSA) is 38.1 Å². The predicted octanol–water partition coefficient (Wildman–Crippen LogP) is 8.09. The van der Waals surface area contributed by atoms with E-state index in [2.05, 4.69) is 67.8 Å². The first-order valence-corrected chi connectivity index (χ1v) is 13.9. The predicted molar refractivity (Wildman–Crippen MR) is 147 cm³/mol. The Hall–Kier alpha value is -2.62. The van der Waals surface area contributed by atoms with E-state index in [1.165, 1.54) is 75.3 Å². The lowest BCUT2D eigenvalue weighted by atomic mass is 10.1. The summed E-state index contributed by atoms with van der Waals surface area (Å²) in [5.74, 6) is 1.43. The fourth-order valence-electron chi connectivity index (χ4n) is 5.62. The zero-order valence-electron chi connectivity index (χ0n) is 22.1. The zero-order chi connectivity index (χ0) is 24.6. The summed E-state index contributed by atoms with van der Waals surface area (Å²) in [5.41, 5.74) is 5.69. The maximum Gasteiger partial charge on any atom is 0.227 e. The van der Waals surface area contributed by atoms with Gasteiger partial charge in [0.25, 0.3) is 0 Å². The van der Waals surface area contributed by atoms with E-state index in [9.17, 15) is 4.79 Å². The van der Waals surface area contributed by atoms with E-state index in [-0.39, 0.29) is 11.8 Å². The van der Waals surface area contributed by atoms with Crippen LogP contribution in [0.4, 0.5) is 5.69 Å². The van der Waals surface area contributed by atoms with E-state index in [0.717, 1.165) is 29.1 Å². The van der Waals surface area contributed by atoms with Crippen LogP contribution in [-0.2, 0) is 11.3 Å². The number of rotatable bonds is 13. The van der Waals surface area contributed by atoms with Crippen molar-refractivity contribution < 1.29 is 4.79 Å². The molecular weight excluding hydrogens is 430 g/mol. The number of nitrogens with zero attached hydrogens (tertiary/aromatic N) is 3. The van der Waals surface area contributed by atoms with Crippen molar-refractivity contribution in [1.82, 2.24) is 9.55 Å². The second kappa shape index (κ2) is 12.4. The van der Waals surface area contributed by atoms with Crippen molar-refractivity contribution in [2.45, 2.75) is 104 Å². The average Bonchev–Trinajstić information content (AvgIpc) is 3.41. The summed E-state index contributed by atoms with van der Waals surface area (Å²) in [6.45, 7) is 8.18.